The fourth-order valence-corrected chi connectivity index (χ4v) is 1.59. The molecular weight excluding hydrogens is 275 g/mol. The van der Waals surface area contributed by atoms with Crippen molar-refractivity contribution in [3.05, 3.63) is 29.3 Å². The van der Waals surface area contributed by atoms with E-state index in [4.69, 9.17) is 17.5 Å². The summed E-state index contributed by atoms with van der Waals surface area (Å²) < 4.78 is 38.2. The second-order valence-corrected chi connectivity index (χ2v) is 4.16. The van der Waals surface area contributed by atoms with Crippen molar-refractivity contribution in [1.29, 1.82) is 5.26 Å². The highest BCUT2D eigenvalue weighted by Gasteiger charge is 2.33. The molecule has 0 aromatic heterocycles. The monoisotopic (exact) mass is 287 g/mol. The van der Waals surface area contributed by atoms with Gasteiger partial charge in [0.1, 0.15) is 0 Å². The van der Waals surface area contributed by atoms with E-state index in [0.717, 1.165) is 18.6 Å². The van der Waals surface area contributed by atoms with E-state index in [1.165, 1.54) is 12.1 Å². The molecule has 0 amide bonds. The highest BCUT2D eigenvalue weighted by Crippen LogP contribution is 2.33. The van der Waals surface area contributed by atoms with Crippen LogP contribution in [0.5, 0.6) is 0 Å². The van der Waals surface area contributed by atoms with Crippen LogP contribution >= 0.6 is 12.2 Å². The van der Waals surface area contributed by atoms with Crippen molar-refractivity contribution in [3.63, 3.8) is 0 Å². The first-order valence-electron chi connectivity index (χ1n) is 5.54. The molecule has 0 aliphatic rings. The summed E-state index contributed by atoms with van der Waals surface area (Å²) in [7, 11) is 0. The molecule has 7 heteroatoms. The maximum absolute atomic E-state index is 12.7. The summed E-state index contributed by atoms with van der Waals surface area (Å²) in [5.74, 6) is 0. The van der Waals surface area contributed by atoms with Crippen LogP contribution in [0.15, 0.2) is 18.2 Å². The Morgan fingerprint density at radius 2 is 2.11 bits per heavy atom. The third-order valence-electron chi connectivity index (χ3n) is 2.24. The van der Waals surface area contributed by atoms with E-state index in [1.54, 1.807) is 0 Å². The lowest BCUT2D eigenvalue weighted by atomic mass is 10.1. The second kappa shape index (κ2) is 6.38. The summed E-state index contributed by atoms with van der Waals surface area (Å²) in [6, 6.07) is 4.90. The Morgan fingerprint density at radius 3 is 2.63 bits per heavy atom. The van der Waals surface area contributed by atoms with Crippen LogP contribution in [0.2, 0.25) is 0 Å². The number of thiocarbonyl (C=S) groups is 1. The molecule has 0 fully saturated rings. The number of nitrogens with zero attached hydrogens (tertiary/aromatic N) is 1. The van der Waals surface area contributed by atoms with Crippen molar-refractivity contribution in [2.75, 3.05) is 11.9 Å². The van der Waals surface area contributed by atoms with Crippen LogP contribution in [-0.2, 0) is 6.18 Å². The Labute approximate surface area is 114 Å². The van der Waals surface area contributed by atoms with Crippen molar-refractivity contribution >= 4 is 23.0 Å². The summed E-state index contributed by atoms with van der Waals surface area (Å²) in [5, 5.41) is 14.4. The summed E-state index contributed by atoms with van der Waals surface area (Å²) in [6.07, 6.45) is -3.72. The molecule has 1 rings (SSSR count). The van der Waals surface area contributed by atoms with Crippen molar-refractivity contribution < 1.29 is 13.2 Å². The molecule has 3 nitrogen and oxygen atoms in total. The summed E-state index contributed by atoms with van der Waals surface area (Å²) in [6.45, 7) is 2.58. The highest BCUT2D eigenvalue weighted by atomic mass is 32.1. The maximum atomic E-state index is 12.7. The number of halogens is 3. The van der Waals surface area contributed by atoms with Gasteiger partial charge in [-0.15, -0.1) is 0 Å². The molecule has 0 atom stereocenters. The molecule has 102 valence electrons. The summed E-state index contributed by atoms with van der Waals surface area (Å²) in [4.78, 5) is 0. The lowest BCUT2D eigenvalue weighted by Gasteiger charge is -2.13. The van der Waals surface area contributed by atoms with Crippen molar-refractivity contribution in [2.45, 2.75) is 19.5 Å². The number of nitrogens with one attached hydrogen (secondary N) is 2. The molecule has 0 saturated carbocycles. The van der Waals surface area contributed by atoms with Gasteiger partial charge in [-0.2, -0.15) is 18.4 Å². The minimum absolute atomic E-state index is 0.194. The number of hydrogen-bond donors (Lipinski definition) is 2. The number of nitriles is 1. The topological polar surface area (TPSA) is 47.8 Å². The van der Waals surface area contributed by atoms with Gasteiger partial charge in [-0.1, -0.05) is 6.92 Å². The van der Waals surface area contributed by atoms with Crippen LogP contribution < -0.4 is 10.6 Å². The van der Waals surface area contributed by atoms with Gasteiger partial charge in [0.15, 0.2) is 5.11 Å². The SMILES string of the molecule is CCCNC(=S)Nc1ccc(C#N)c(C(F)(F)F)c1. The molecule has 19 heavy (non-hydrogen) atoms. The number of rotatable bonds is 3. The van der Waals surface area contributed by atoms with Crippen LogP contribution in [0.4, 0.5) is 18.9 Å². The van der Waals surface area contributed by atoms with Gasteiger partial charge in [0.05, 0.1) is 17.2 Å². The van der Waals surface area contributed by atoms with Crippen molar-refractivity contribution in [1.82, 2.24) is 5.32 Å². The maximum Gasteiger partial charge on any atom is 0.417 e. The zero-order valence-corrected chi connectivity index (χ0v) is 11.0. The third kappa shape index (κ3) is 4.41. The molecule has 0 unspecified atom stereocenters. The Hall–Kier alpha value is -1.81. The number of hydrogen-bond acceptors (Lipinski definition) is 2. The standard InChI is InChI=1S/C12H12F3N3S/c1-2-5-17-11(19)18-9-4-3-8(7-16)10(6-9)12(13,14)15/h3-4,6H,2,5H2,1H3,(H2,17,18,19). The van der Waals surface area contributed by atoms with Crippen LogP contribution in [0, 0.1) is 11.3 Å². The van der Waals surface area contributed by atoms with E-state index in [0.29, 0.717) is 6.54 Å². The van der Waals surface area contributed by atoms with Crippen LogP contribution in [0.1, 0.15) is 24.5 Å². The first kappa shape index (κ1) is 15.2. The Balaban J connectivity index is 2.94. The molecule has 0 radical (unpaired) electrons. The molecule has 1 aromatic carbocycles. The first-order chi connectivity index (χ1) is 8.88. The molecule has 0 heterocycles. The highest BCUT2D eigenvalue weighted by molar-refractivity contribution is 7.80. The largest absolute Gasteiger partial charge is 0.417 e. The Morgan fingerprint density at radius 1 is 1.42 bits per heavy atom. The molecule has 0 aliphatic heterocycles. The molecule has 0 saturated heterocycles. The Bertz CT molecular complexity index is 506. The summed E-state index contributed by atoms with van der Waals surface area (Å²) in [5.41, 5.74) is -1.19. The zero-order valence-electron chi connectivity index (χ0n) is 10.1. The number of anilines is 1. The van der Waals surface area contributed by atoms with Gasteiger partial charge in [0.2, 0.25) is 0 Å². The van der Waals surface area contributed by atoms with Crippen LogP contribution in [0.3, 0.4) is 0 Å². The lowest BCUT2D eigenvalue weighted by molar-refractivity contribution is -0.137. The molecule has 1 aromatic rings. The quantitative estimate of drug-likeness (QED) is 0.838. The number of alkyl halides is 3. The van der Waals surface area contributed by atoms with Crippen LogP contribution in [-0.4, -0.2) is 11.7 Å². The fourth-order valence-electron chi connectivity index (χ4n) is 1.37. The van der Waals surface area contributed by atoms with Gasteiger partial charge < -0.3 is 10.6 Å². The average Bonchev–Trinajstić information content (AvgIpc) is 2.35. The van der Waals surface area contributed by atoms with Gasteiger partial charge in [-0.05, 0) is 36.8 Å². The van der Waals surface area contributed by atoms with E-state index in [9.17, 15) is 13.2 Å². The van der Waals surface area contributed by atoms with Crippen LogP contribution in [0.25, 0.3) is 0 Å². The van der Waals surface area contributed by atoms with Crippen molar-refractivity contribution in [3.8, 4) is 6.07 Å². The van der Waals surface area contributed by atoms with Gasteiger partial charge in [-0.3, -0.25) is 0 Å². The smallest absolute Gasteiger partial charge is 0.362 e. The van der Waals surface area contributed by atoms with Gasteiger partial charge in [0.25, 0.3) is 0 Å². The predicted molar refractivity (Wildman–Crippen MR) is 70.7 cm³/mol. The van der Waals surface area contributed by atoms with Crippen molar-refractivity contribution in [2.24, 2.45) is 0 Å². The van der Waals surface area contributed by atoms with E-state index in [2.05, 4.69) is 10.6 Å². The molecule has 0 bridgehead atoms. The predicted octanol–water partition coefficient (Wildman–Crippen LogP) is 3.27. The minimum atomic E-state index is -4.57. The molecule has 0 aliphatic carbocycles. The molecular formula is C12H12F3N3S. The fraction of sp³-hybridized carbons (Fsp3) is 0.333. The molecule has 0 spiro atoms. The lowest BCUT2D eigenvalue weighted by Crippen LogP contribution is -2.29. The second-order valence-electron chi connectivity index (χ2n) is 3.75. The van der Waals surface area contributed by atoms with E-state index in [1.807, 2.05) is 6.92 Å². The van der Waals surface area contributed by atoms with E-state index < -0.39 is 17.3 Å². The summed E-state index contributed by atoms with van der Waals surface area (Å²) >= 11 is 4.93. The first-order valence-corrected chi connectivity index (χ1v) is 5.95. The third-order valence-corrected chi connectivity index (χ3v) is 2.49. The van der Waals surface area contributed by atoms with Gasteiger partial charge in [-0.25, -0.2) is 0 Å². The Kier molecular flexibility index (Phi) is 5.12. The van der Waals surface area contributed by atoms with Gasteiger partial charge in [0, 0.05) is 12.2 Å². The van der Waals surface area contributed by atoms with E-state index in [-0.39, 0.29) is 10.8 Å². The van der Waals surface area contributed by atoms with Gasteiger partial charge >= 0.3 is 6.18 Å². The van der Waals surface area contributed by atoms with E-state index >= 15 is 0 Å². The average molecular weight is 287 g/mol. The minimum Gasteiger partial charge on any atom is -0.362 e. The number of benzene rings is 1. The normalized spacial score (nSPS) is 10.7. The zero-order chi connectivity index (χ0) is 14.5. The molecule has 2 N–H and O–H groups in total.